The van der Waals surface area contributed by atoms with Gasteiger partial charge >= 0.3 is 0 Å². The van der Waals surface area contributed by atoms with Gasteiger partial charge in [0.15, 0.2) is 5.96 Å². The van der Waals surface area contributed by atoms with E-state index in [1.165, 1.54) is 4.90 Å². The maximum atomic E-state index is 5.85. The Hall–Kier alpha value is -1.23. The number of ether oxygens (including phenoxy) is 2. The topological polar surface area (TPSA) is 68.0 Å². The first-order valence-electron chi connectivity index (χ1n) is 11.3. The van der Waals surface area contributed by atoms with Crippen LogP contribution in [0.15, 0.2) is 63.0 Å². The smallest absolute Gasteiger partial charge is 0.191 e. The summed E-state index contributed by atoms with van der Waals surface area (Å²) >= 11 is 1.84. The average Bonchev–Trinajstić information content (AvgIpc) is 3.33. The Morgan fingerprint density at radius 3 is 2.66 bits per heavy atom. The lowest BCUT2D eigenvalue weighted by atomic mass is 10.0. The van der Waals surface area contributed by atoms with Gasteiger partial charge in [0.05, 0.1) is 6.26 Å². The number of thioether (sulfide) groups is 1. The van der Waals surface area contributed by atoms with Gasteiger partial charge in [0.25, 0.3) is 0 Å². The summed E-state index contributed by atoms with van der Waals surface area (Å²) in [6, 6.07) is 14.4. The monoisotopic (exact) mass is 573 g/mol. The summed E-state index contributed by atoms with van der Waals surface area (Å²) in [5.41, 5.74) is 0. The minimum absolute atomic E-state index is 0. The molecule has 0 spiro atoms. The van der Waals surface area contributed by atoms with Crippen LogP contribution in [0.25, 0.3) is 0 Å². The van der Waals surface area contributed by atoms with Gasteiger partial charge in [-0.1, -0.05) is 18.2 Å². The maximum Gasteiger partial charge on any atom is 0.191 e. The molecule has 0 atom stereocenters. The molecular formula is C24H36IN3O3S. The Morgan fingerprint density at radius 2 is 1.88 bits per heavy atom. The molecule has 32 heavy (non-hydrogen) atoms. The van der Waals surface area contributed by atoms with E-state index in [0.717, 1.165) is 89.2 Å². The second-order valence-electron chi connectivity index (χ2n) is 7.56. The van der Waals surface area contributed by atoms with E-state index >= 15 is 0 Å². The third-order valence-electron chi connectivity index (χ3n) is 5.06. The molecule has 1 aromatic heterocycles. The van der Waals surface area contributed by atoms with Crippen molar-refractivity contribution in [3.8, 4) is 0 Å². The van der Waals surface area contributed by atoms with Gasteiger partial charge < -0.3 is 24.5 Å². The lowest BCUT2D eigenvalue weighted by Gasteiger charge is -2.21. The molecule has 0 unspecified atom stereocenters. The highest BCUT2D eigenvalue weighted by Gasteiger charge is 2.13. The Bertz CT molecular complexity index is 725. The molecule has 8 heteroatoms. The zero-order chi connectivity index (χ0) is 21.4. The van der Waals surface area contributed by atoms with E-state index in [9.17, 15) is 0 Å². The number of nitrogens with one attached hydrogen (secondary N) is 2. The molecule has 178 valence electrons. The van der Waals surface area contributed by atoms with Gasteiger partial charge in [-0.2, -0.15) is 0 Å². The summed E-state index contributed by atoms with van der Waals surface area (Å²) < 4.78 is 16.7. The van der Waals surface area contributed by atoms with Crippen molar-refractivity contribution in [1.82, 2.24) is 10.6 Å². The number of benzene rings is 1. The summed E-state index contributed by atoms with van der Waals surface area (Å²) in [5, 5.41) is 6.86. The van der Waals surface area contributed by atoms with Crippen LogP contribution in [0, 0.1) is 5.92 Å². The summed E-state index contributed by atoms with van der Waals surface area (Å²) in [6.07, 6.45) is 5.71. The molecule has 3 rings (SSSR count). The van der Waals surface area contributed by atoms with E-state index in [-0.39, 0.29) is 24.0 Å². The zero-order valence-corrected chi connectivity index (χ0v) is 21.8. The summed E-state index contributed by atoms with van der Waals surface area (Å²) in [5.74, 6) is 3.47. The number of hydrogen-bond donors (Lipinski definition) is 2. The van der Waals surface area contributed by atoms with E-state index in [0.29, 0.717) is 5.92 Å². The molecule has 0 bridgehead atoms. The van der Waals surface area contributed by atoms with Crippen LogP contribution in [-0.4, -0.2) is 57.8 Å². The molecule has 0 aliphatic carbocycles. The van der Waals surface area contributed by atoms with Gasteiger partial charge in [-0.15, -0.1) is 35.7 Å². The van der Waals surface area contributed by atoms with Crippen LogP contribution < -0.4 is 10.6 Å². The van der Waals surface area contributed by atoms with Crippen LogP contribution in [-0.2, 0) is 15.9 Å². The molecule has 0 saturated carbocycles. The standard InChI is InChI=1S/C24H35N3O3S.HI/c1-2-7-23(8-3-1)31-19-14-27-24(26-13-9-22-6-4-16-30-22)25-12-5-15-29-20-21-10-17-28-18-11-21;/h1-4,6-8,16,21H,5,9-15,17-20H2,(H2,25,26,27);1H. The third kappa shape index (κ3) is 11.6. The fourth-order valence-electron chi connectivity index (χ4n) is 3.31. The minimum Gasteiger partial charge on any atom is -0.469 e. The number of guanidine groups is 1. The van der Waals surface area contributed by atoms with Gasteiger partial charge in [0, 0.05) is 63.1 Å². The molecular weight excluding hydrogens is 537 g/mol. The highest BCUT2D eigenvalue weighted by Crippen LogP contribution is 2.16. The Morgan fingerprint density at radius 1 is 1.06 bits per heavy atom. The van der Waals surface area contributed by atoms with Gasteiger partial charge in [-0.25, -0.2) is 0 Å². The Balaban J connectivity index is 0.00000363. The molecule has 0 radical (unpaired) electrons. The van der Waals surface area contributed by atoms with Crippen LogP contribution in [0.4, 0.5) is 0 Å². The molecule has 0 amide bonds. The number of rotatable bonds is 13. The maximum absolute atomic E-state index is 5.85. The SMILES string of the molecule is I.c1ccc(SCCNC(=NCCCOCC2CCOCC2)NCCc2ccco2)cc1. The van der Waals surface area contributed by atoms with Crippen molar-refractivity contribution in [2.45, 2.75) is 30.6 Å². The molecule has 1 aliphatic rings. The minimum atomic E-state index is 0. The van der Waals surface area contributed by atoms with E-state index in [1.807, 2.05) is 30.0 Å². The second-order valence-corrected chi connectivity index (χ2v) is 8.73. The lowest BCUT2D eigenvalue weighted by molar-refractivity contribution is 0.0205. The zero-order valence-electron chi connectivity index (χ0n) is 18.7. The van der Waals surface area contributed by atoms with Crippen LogP contribution in [0.5, 0.6) is 0 Å². The van der Waals surface area contributed by atoms with Gasteiger partial charge in [0.2, 0.25) is 0 Å². The van der Waals surface area contributed by atoms with Gasteiger partial charge in [0.1, 0.15) is 5.76 Å². The summed E-state index contributed by atoms with van der Waals surface area (Å²) in [6.45, 7) is 5.73. The average molecular weight is 574 g/mol. The highest BCUT2D eigenvalue weighted by molar-refractivity contribution is 14.0. The Kier molecular flexibility index (Phi) is 14.6. The Labute approximate surface area is 213 Å². The first-order valence-corrected chi connectivity index (χ1v) is 12.3. The van der Waals surface area contributed by atoms with Crippen molar-refractivity contribution in [3.05, 3.63) is 54.5 Å². The fraction of sp³-hybridized carbons (Fsp3) is 0.542. The molecule has 1 saturated heterocycles. The van der Waals surface area contributed by atoms with Crippen LogP contribution in [0.1, 0.15) is 25.0 Å². The molecule has 6 nitrogen and oxygen atoms in total. The first kappa shape index (κ1) is 27.0. The van der Waals surface area contributed by atoms with Crippen LogP contribution in [0.2, 0.25) is 0 Å². The van der Waals surface area contributed by atoms with Crippen molar-refractivity contribution in [1.29, 1.82) is 0 Å². The predicted octanol–water partition coefficient (Wildman–Crippen LogP) is 4.60. The molecule has 1 fully saturated rings. The third-order valence-corrected chi connectivity index (χ3v) is 6.08. The molecule has 1 aliphatic heterocycles. The number of furan rings is 1. The van der Waals surface area contributed by atoms with Crippen molar-refractivity contribution in [2.75, 3.05) is 51.8 Å². The number of halogens is 1. The van der Waals surface area contributed by atoms with E-state index in [4.69, 9.17) is 18.9 Å². The highest BCUT2D eigenvalue weighted by atomic mass is 127. The summed E-state index contributed by atoms with van der Waals surface area (Å²) in [7, 11) is 0. The van der Waals surface area contributed by atoms with E-state index < -0.39 is 0 Å². The molecule has 2 N–H and O–H groups in total. The van der Waals surface area contributed by atoms with E-state index in [2.05, 4.69) is 34.9 Å². The molecule has 2 heterocycles. The predicted molar refractivity (Wildman–Crippen MR) is 142 cm³/mol. The largest absolute Gasteiger partial charge is 0.469 e. The normalized spacial score (nSPS) is 14.7. The summed E-state index contributed by atoms with van der Waals surface area (Å²) in [4.78, 5) is 6.01. The van der Waals surface area contributed by atoms with Crippen molar-refractivity contribution in [3.63, 3.8) is 0 Å². The van der Waals surface area contributed by atoms with Gasteiger partial charge in [-0.05, 0) is 49.4 Å². The van der Waals surface area contributed by atoms with Crippen LogP contribution >= 0.6 is 35.7 Å². The molecule has 2 aromatic rings. The quantitative estimate of drug-likeness (QED) is 0.120. The lowest BCUT2D eigenvalue weighted by Crippen LogP contribution is -2.39. The van der Waals surface area contributed by atoms with Crippen LogP contribution in [0.3, 0.4) is 0 Å². The fourth-order valence-corrected chi connectivity index (χ4v) is 4.10. The van der Waals surface area contributed by atoms with Crippen molar-refractivity contribution < 1.29 is 13.9 Å². The second kappa shape index (κ2) is 17.3. The van der Waals surface area contributed by atoms with Gasteiger partial charge in [-0.3, -0.25) is 4.99 Å². The number of hydrogen-bond acceptors (Lipinski definition) is 5. The first-order chi connectivity index (χ1) is 15.4. The van der Waals surface area contributed by atoms with Crippen molar-refractivity contribution in [2.24, 2.45) is 10.9 Å². The van der Waals surface area contributed by atoms with Crippen molar-refractivity contribution >= 4 is 41.7 Å². The number of aliphatic imine (C=N–C) groups is 1. The molecule has 1 aromatic carbocycles. The van der Waals surface area contributed by atoms with E-state index in [1.54, 1.807) is 6.26 Å². The number of nitrogens with zero attached hydrogens (tertiary/aromatic N) is 1.